The highest BCUT2D eigenvalue weighted by Gasteiger charge is 2.53. The third-order valence-electron chi connectivity index (χ3n) is 14.9. The number of nitrogens with one attached hydrogen (secondary N) is 2. The van der Waals surface area contributed by atoms with Gasteiger partial charge in [-0.15, -0.1) is 0 Å². The molecule has 4 heteroatoms. The molecular weight excluding hydrogens is 747 g/mol. The van der Waals surface area contributed by atoms with Crippen LogP contribution in [-0.2, 0) is 0 Å². The fourth-order valence-electron chi connectivity index (χ4n) is 12.2. The molecule has 0 bridgehead atoms. The normalized spacial score (nSPS) is 31.2. The quantitative estimate of drug-likeness (QED) is 0.0954. The van der Waals surface area contributed by atoms with E-state index in [1.54, 1.807) is 34.1 Å². The van der Waals surface area contributed by atoms with Gasteiger partial charge in [-0.3, -0.25) is 5.41 Å². The Morgan fingerprint density at radius 3 is 2.25 bits per heavy atom. The lowest BCUT2D eigenvalue weighted by Crippen LogP contribution is -2.50. The molecule has 7 aliphatic carbocycles. The number of nitrogens with two attached hydrogens (primary N) is 1. The number of benzene rings is 1. The molecule has 0 aromatic heterocycles. The predicted molar refractivity (Wildman–Crippen MR) is 256 cm³/mol. The van der Waals surface area contributed by atoms with Crippen molar-refractivity contribution in [1.29, 1.82) is 5.41 Å². The van der Waals surface area contributed by atoms with Crippen LogP contribution in [0.3, 0.4) is 0 Å². The first-order chi connectivity index (χ1) is 29.6. The Hall–Kier alpha value is -4.12. The standard InChI is InChI=1S/C56H67N3S/c57-55(45-34-20-7-21-35-45)60-56(58)54-51(43-30-16-5-17-31-43)49(41-26-12-3-13-27-41)53(50(42-28-14-4-15-29-42)52(54)44-32-18-6-19-33-44)46-36-37-47(39-22-8-1-9-23-39)59-48(38-46)40-24-10-2-11-25-40/h2-3,5-8,10,12,16,18,20-24,28,30,34-37,41,44,48,50,52-54,56-57,59H,1,4,9,11,13-15,17,19,25-27,29,31-33,38,58H2. The lowest BCUT2D eigenvalue weighted by molar-refractivity contribution is 0.121. The van der Waals surface area contributed by atoms with Gasteiger partial charge < -0.3 is 11.1 Å². The molecule has 0 amide bonds. The maximum atomic E-state index is 9.51. The minimum absolute atomic E-state index is 0.147. The van der Waals surface area contributed by atoms with Gasteiger partial charge in [0.05, 0.1) is 16.5 Å². The second kappa shape index (κ2) is 19.7. The summed E-state index contributed by atoms with van der Waals surface area (Å²) >= 11 is 1.64. The number of allylic oxidation sites excluding steroid dienone is 19. The summed E-state index contributed by atoms with van der Waals surface area (Å²) in [7, 11) is 0. The monoisotopic (exact) mass is 814 g/mol. The van der Waals surface area contributed by atoms with E-state index in [1.165, 1.54) is 60.9 Å². The third kappa shape index (κ3) is 9.07. The molecule has 0 saturated heterocycles. The number of hydrogen-bond acceptors (Lipinski definition) is 4. The largest absolute Gasteiger partial charge is 0.378 e. The summed E-state index contributed by atoms with van der Waals surface area (Å²) in [6, 6.07) is 10.6. The third-order valence-corrected chi connectivity index (χ3v) is 16.0. The topological polar surface area (TPSA) is 61.9 Å². The summed E-state index contributed by atoms with van der Waals surface area (Å²) in [5.41, 5.74) is 21.1. The zero-order valence-electron chi connectivity index (χ0n) is 35.7. The van der Waals surface area contributed by atoms with Crippen molar-refractivity contribution in [3.05, 3.63) is 178 Å². The van der Waals surface area contributed by atoms with E-state index in [2.05, 4.69) is 133 Å². The molecule has 1 heterocycles. The van der Waals surface area contributed by atoms with Gasteiger partial charge in [0.1, 0.15) is 0 Å². The van der Waals surface area contributed by atoms with Gasteiger partial charge >= 0.3 is 0 Å². The average Bonchev–Trinajstić information content (AvgIpc) is 3.56. The summed E-state index contributed by atoms with van der Waals surface area (Å²) < 4.78 is 0. The molecule has 0 fully saturated rings. The maximum absolute atomic E-state index is 9.51. The number of rotatable bonds is 10. The highest BCUT2D eigenvalue weighted by Crippen LogP contribution is 2.60. The van der Waals surface area contributed by atoms with E-state index in [-0.39, 0.29) is 17.3 Å². The lowest BCUT2D eigenvalue weighted by atomic mass is 9.51. The van der Waals surface area contributed by atoms with Gasteiger partial charge in [-0.05, 0) is 161 Å². The molecule has 3 nitrogen and oxygen atoms in total. The van der Waals surface area contributed by atoms with Crippen molar-refractivity contribution < 1.29 is 0 Å². The van der Waals surface area contributed by atoms with E-state index < -0.39 is 0 Å². The molecule has 8 aliphatic rings. The van der Waals surface area contributed by atoms with Gasteiger partial charge in [-0.2, -0.15) is 0 Å². The molecule has 8 atom stereocenters. The summed E-state index contributed by atoms with van der Waals surface area (Å²) in [6.07, 6.45) is 58.5. The average molecular weight is 814 g/mol. The van der Waals surface area contributed by atoms with E-state index in [4.69, 9.17) is 5.73 Å². The second-order valence-electron chi connectivity index (χ2n) is 18.5. The first-order valence-electron chi connectivity index (χ1n) is 23.7. The molecule has 9 rings (SSSR count). The molecule has 4 N–H and O–H groups in total. The second-order valence-corrected chi connectivity index (χ2v) is 19.7. The van der Waals surface area contributed by atoms with Crippen LogP contribution in [0.25, 0.3) is 0 Å². The molecule has 8 unspecified atom stereocenters. The van der Waals surface area contributed by atoms with Crippen molar-refractivity contribution >= 4 is 16.8 Å². The smallest absolute Gasteiger partial charge is 0.0957 e. The van der Waals surface area contributed by atoms with Crippen molar-refractivity contribution in [2.24, 2.45) is 41.2 Å². The van der Waals surface area contributed by atoms with Crippen molar-refractivity contribution in [2.75, 3.05) is 0 Å². The summed E-state index contributed by atoms with van der Waals surface area (Å²) in [5, 5.41) is 14.1. The van der Waals surface area contributed by atoms with Crippen LogP contribution >= 0.6 is 11.8 Å². The fourth-order valence-corrected chi connectivity index (χ4v) is 13.2. The van der Waals surface area contributed by atoms with Gasteiger partial charge in [0.2, 0.25) is 0 Å². The Bertz CT molecular complexity index is 2130. The Morgan fingerprint density at radius 1 is 0.717 bits per heavy atom. The van der Waals surface area contributed by atoms with Crippen LogP contribution in [0.2, 0.25) is 0 Å². The van der Waals surface area contributed by atoms with E-state index >= 15 is 0 Å². The molecule has 1 aliphatic heterocycles. The Balaban J connectivity index is 1.30. The van der Waals surface area contributed by atoms with Crippen LogP contribution in [0.4, 0.5) is 0 Å². The fraction of sp³-hybridized carbons (Fsp3) is 0.446. The molecule has 60 heavy (non-hydrogen) atoms. The van der Waals surface area contributed by atoms with Crippen LogP contribution in [0, 0.1) is 40.9 Å². The van der Waals surface area contributed by atoms with Crippen molar-refractivity contribution in [1.82, 2.24) is 5.32 Å². The predicted octanol–water partition coefficient (Wildman–Crippen LogP) is 14.0. The highest BCUT2D eigenvalue weighted by atomic mass is 32.2. The SMILES string of the molecule is N=C(SC(N)C1C(C2=CC=CCC2)=C(C2CC=CCC2)C(C2=CC=C(C3=CCCC=C3)NC(C3=CC=CCC3)C2)C(C2=CCCCC2)C1C1CC=CCC1)c1ccccc1. The van der Waals surface area contributed by atoms with E-state index in [0.717, 1.165) is 76.2 Å². The van der Waals surface area contributed by atoms with Gasteiger partial charge in [-0.25, -0.2) is 0 Å². The molecule has 0 radical (unpaired) electrons. The first kappa shape index (κ1) is 41.2. The van der Waals surface area contributed by atoms with Gasteiger partial charge in [0.15, 0.2) is 0 Å². The van der Waals surface area contributed by atoms with Crippen LogP contribution in [-0.4, -0.2) is 16.5 Å². The van der Waals surface area contributed by atoms with Crippen LogP contribution in [0.15, 0.2) is 172 Å². The minimum atomic E-state index is -0.231. The summed E-state index contributed by atoms with van der Waals surface area (Å²) in [4.78, 5) is 0. The van der Waals surface area contributed by atoms with E-state index in [1.807, 2.05) is 0 Å². The van der Waals surface area contributed by atoms with Crippen molar-refractivity contribution in [2.45, 2.75) is 121 Å². The van der Waals surface area contributed by atoms with Crippen LogP contribution < -0.4 is 11.1 Å². The first-order valence-corrected chi connectivity index (χ1v) is 24.6. The van der Waals surface area contributed by atoms with E-state index in [0.29, 0.717) is 34.6 Å². The maximum Gasteiger partial charge on any atom is 0.0957 e. The van der Waals surface area contributed by atoms with Crippen LogP contribution in [0.1, 0.15) is 115 Å². The van der Waals surface area contributed by atoms with Crippen molar-refractivity contribution in [3.63, 3.8) is 0 Å². The Labute approximate surface area is 365 Å². The molecular formula is C56H67N3S. The van der Waals surface area contributed by atoms with Gasteiger partial charge in [-0.1, -0.05) is 150 Å². The number of thioether (sulfide) groups is 1. The molecule has 0 spiro atoms. The molecule has 1 aromatic rings. The van der Waals surface area contributed by atoms with E-state index in [9.17, 15) is 5.41 Å². The Kier molecular flexibility index (Phi) is 13.6. The van der Waals surface area contributed by atoms with Gasteiger partial charge in [0, 0.05) is 23.1 Å². The summed E-state index contributed by atoms with van der Waals surface area (Å²) in [5.74, 6) is 2.21. The highest BCUT2D eigenvalue weighted by molar-refractivity contribution is 8.14. The lowest BCUT2D eigenvalue weighted by Gasteiger charge is -2.54. The number of hydrogen-bond donors (Lipinski definition) is 3. The molecule has 1 aromatic carbocycles. The van der Waals surface area contributed by atoms with Crippen LogP contribution in [0.5, 0.6) is 0 Å². The van der Waals surface area contributed by atoms with Crippen molar-refractivity contribution in [3.8, 4) is 0 Å². The zero-order chi connectivity index (χ0) is 40.7. The molecule has 0 saturated carbocycles. The Morgan fingerprint density at radius 2 is 1.55 bits per heavy atom. The zero-order valence-corrected chi connectivity index (χ0v) is 36.6. The summed E-state index contributed by atoms with van der Waals surface area (Å²) in [6.45, 7) is 0. The molecule has 312 valence electrons. The minimum Gasteiger partial charge on any atom is -0.378 e. The van der Waals surface area contributed by atoms with Gasteiger partial charge in [0.25, 0.3) is 0 Å².